The Morgan fingerprint density at radius 1 is 1.23 bits per heavy atom. The van der Waals surface area contributed by atoms with Gasteiger partial charge in [-0.25, -0.2) is 0 Å². The molecule has 0 aliphatic heterocycles. The average molecular weight is 195 g/mol. The first-order chi connectivity index (χ1) is 6.00. The van der Waals surface area contributed by atoms with E-state index in [1.54, 1.807) is 0 Å². The van der Waals surface area contributed by atoms with Crippen LogP contribution in [0.3, 0.4) is 0 Å². The van der Waals surface area contributed by atoms with Crippen LogP contribution >= 0.6 is 0 Å². The maximum atomic E-state index is 9.46. The summed E-state index contributed by atoms with van der Waals surface area (Å²) in [5.74, 6) is 0. The van der Waals surface area contributed by atoms with Crippen molar-refractivity contribution in [1.29, 1.82) is 0 Å². The van der Waals surface area contributed by atoms with Gasteiger partial charge in [0, 0.05) is 0 Å². The van der Waals surface area contributed by atoms with Crippen LogP contribution in [0, 0.1) is 4.91 Å². The Morgan fingerprint density at radius 2 is 1.77 bits per heavy atom. The Morgan fingerprint density at radius 3 is 2.15 bits per heavy atom. The minimum absolute atomic E-state index is 0.533. The van der Waals surface area contributed by atoms with Crippen molar-refractivity contribution in [3.63, 3.8) is 0 Å². The molecule has 0 aromatic rings. The van der Waals surface area contributed by atoms with Crippen molar-refractivity contribution in [2.75, 3.05) is 6.61 Å². The predicted molar refractivity (Wildman–Crippen MR) is 41.4 cm³/mol. The zero-order valence-electron chi connectivity index (χ0n) is 7.07. The molecule has 0 aromatic carbocycles. The van der Waals surface area contributed by atoms with Gasteiger partial charge in [0.05, 0.1) is 6.10 Å². The lowest BCUT2D eigenvalue weighted by Crippen LogP contribution is -2.44. The summed E-state index contributed by atoms with van der Waals surface area (Å²) < 4.78 is 0. The highest BCUT2D eigenvalue weighted by atomic mass is 16.7. The zero-order valence-corrected chi connectivity index (χ0v) is 7.07. The van der Waals surface area contributed by atoms with Crippen molar-refractivity contribution in [2.24, 2.45) is 5.34 Å². The third kappa shape index (κ3) is 4.13. The van der Waals surface area contributed by atoms with Crippen LogP contribution in [-0.2, 0) is 4.84 Å². The highest BCUT2D eigenvalue weighted by Crippen LogP contribution is 2.05. The van der Waals surface area contributed by atoms with Crippen LogP contribution < -0.4 is 0 Å². The molecule has 0 aliphatic rings. The van der Waals surface area contributed by atoms with E-state index in [0.717, 1.165) is 0 Å². The van der Waals surface area contributed by atoms with E-state index in [9.17, 15) is 4.91 Å². The van der Waals surface area contributed by atoms with Crippen LogP contribution in [0.25, 0.3) is 0 Å². The third-order valence-electron chi connectivity index (χ3n) is 1.54. The van der Waals surface area contributed by atoms with Crippen LogP contribution in [0.2, 0.25) is 0 Å². The Labute approximate surface area is 74.5 Å². The first kappa shape index (κ1) is 12.2. The molecule has 13 heavy (non-hydrogen) atoms. The number of hydrogen-bond donors (Lipinski definition) is 4. The lowest BCUT2D eigenvalue weighted by Gasteiger charge is -2.23. The molecule has 0 amide bonds. The predicted octanol–water partition coefficient (Wildman–Crippen LogP) is -1.85. The molecule has 0 bridgehead atoms. The first-order valence-electron chi connectivity index (χ1n) is 3.67. The number of nitrogens with zero attached hydrogens (tertiary/aromatic N) is 1. The van der Waals surface area contributed by atoms with E-state index in [1.165, 1.54) is 6.92 Å². The van der Waals surface area contributed by atoms with Crippen molar-refractivity contribution >= 4 is 0 Å². The summed E-state index contributed by atoms with van der Waals surface area (Å²) in [5, 5.41) is 38.0. The van der Waals surface area contributed by atoms with E-state index < -0.39 is 31.0 Å². The molecule has 7 nitrogen and oxygen atoms in total. The van der Waals surface area contributed by atoms with Crippen molar-refractivity contribution in [2.45, 2.75) is 31.3 Å². The van der Waals surface area contributed by atoms with Crippen molar-refractivity contribution < 1.29 is 25.3 Å². The van der Waals surface area contributed by atoms with Gasteiger partial charge < -0.3 is 25.3 Å². The number of aliphatic hydroxyl groups is 4. The van der Waals surface area contributed by atoms with Gasteiger partial charge in [-0.15, -0.1) is 4.91 Å². The second kappa shape index (κ2) is 5.81. The van der Waals surface area contributed by atoms with Crippen LogP contribution in [0.1, 0.15) is 6.92 Å². The van der Waals surface area contributed by atoms with E-state index in [1.807, 2.05) is 5.34 Å². The molecule has 0 heterocycles. The molecule has 0 fully saturated rings. The fourth-order valence-corrected chi connectivity index (χ4v) is 0.718. The number of rotatable bonds is 6. The summed E-state index contributed by atoms with van der Waals surface area (Å²) in [7, 11) is 0. The van der Waals surface area contributed by atoms with E-state index >= 15 is 0 Å². The van der Waals surface area contributed by atoms with E-state index in [4.69, 9.17) is 20.4 Å². The molecule has 0 rings (SSSR count). The zero-order chi connectivity index (χ0) is 10.4. The monoisotopic (exact) mass is 195 g/mol. The van der Waals surface area contributed by atoms with Gasteiger partial charge in [0.2, 0.25) is 0 Å². The average Bonchev–Trinajstić information content (AvgIpc) is 2.11. The SMILES string of the molecule is CC(O)C(O)C(O)C(O)CON=O. The smallest absolute Gasteiger partial charge is 0.155 e. The van der Waals surface area contributed by atoms with Crippen molar-refractivity contribution in [3.8, 4) is 0 Å². The van der Waals surface area contributed by atoms with Crippen LogP contribution in [0.5, 0.6) is 0 Å². The molecule has 0 spiro atoms. The fourth-order valence-electron chi connectivity index (χ4n) is 0.718. The largest absolute Gasteiger partial charge is 0.391 e. The summed E-state index contributed by atoms with van der Waals surface area (Å²) in [5.41, 5.74) is 0. The van der Waals surface area contributed by atoms with Gasteiger partial charge in [0.15, 0.2) is 5.34 Å². The molecule has 4 N–H and O–H groups in total. The summed E-state index contributed by atoms with van der Waals surface area (Å²) in [4.78, 5) is 13.4. The second-order valence-corrected chi connectivity index (χ2v) is 2.66. The van der Waals surface area contributed by atoms with Gasteiger partial charge >= 0.3 is 0 Å². The molecular formula is C6H13NO6. The molecule has 0 saturated heterocycles. The number of hydrogen-bond acceptors (Lipinski definition) is 7. The normalized spacial score (nSPS) is 20.1. The molecule has 4 unspecified atom stereocenters. The Balaban J connectivity index is 3.92. The summed E-state index contributed by atoms with van der Waals surface area (Å²) >= 11 is 0. The van der Waals surface area contributed by atoms with E-state index in [-0.39, 0.29) is 0 Å². The summed E-state index contributed by atoms with van der Waals surface area (Å²) in [6.07, 6.45) is -5.73. The quantitative estimate of drug-likeness (QED) is 0.291. The van der Waals surface area contributed by atoms with Crippen LogP contribution in [0.4, 0.5) is 0 Å². The lowest BCUT2D eigenvalue weighted by molar-refractivity contribution is -0.118. The maximum Gasteiger partial charge on any atom is 0.155 e. The van der Waals surface area contributed by atoms with Gasteiger partial charge in [-0.2, -0.15) is 0 Å². The fraction of sp³-hybridized carbons (Fsp3) is 1.00. The molecule has 0 aromatic heterocycles. The molecule has 7 heteroatoms. The topological polar surface area (TPSA) is 120 Å². The Hall–Kier alpha value is -0.760. The Kier molecular flexibility index (Phi) is 5.47. The minimum atomic E-state index is -1.58. The van der Waals surface area contributed by atoms with Crippen LogP contribution in [0.15, 0.2) is 5.34 Å². The van der Waals surface area contributed by atoms with Gasteiger partial charge in [-0.05, 0) is 6.92 Å². The van der Waals surface area contributed by atoms with Gasteiger partial charge in [0.25, 0.3) is 0 Å². The summed E-state index contributed by atoms with van der Waals surface area (Å²) in [6.45, 7) is 0.716. The molecule has 4 atom stereocenters. The molecular weight excluding hydrogens is 182 g/mol. The third-order valence-corrected chi connectivity index (χ3v) is 1.54. The second-order valence-electron chi connectivity index (χ2n) is 2.66. The Bertz CT molecular complexity index is 152. The van der Waals surface area contributed by atoms with Crippen molar-refractivity contribution in [3.05, 3.63) is 4.91 Å². The highest BCUT2D eigenvalue weighted by Gasteiger charge is 2.28. The lowest BCUT2D eigenvalue weighted by atomic mass is 10.0. The maximum absolute atomic E-state index is 9.46. The van der Waals surface area contributed by atoms with Crippen molar-refractivity contribution in [1.82, 2.24) is 0 Å². The standard InChI is InChI=1S/C6H13NO6/c1-3(8)5(10)6(11)4(9)2-13-7-12/h3-6,8-11H,2H2,1H3. The van der Waals surface area contributed by atoms with Gasteiger partial charge in [-0.3, -0.25) is 0 Å². The van der Waals surface area contributed by atoms with Gasteiger partial charge in [-0.1, -0.05) is 0 Å². The molecule has 0 saturated carbocycles. The molecule has 78 valence electrons. The number of aliphatic hydroxyl groups excluding tert-OH is 4. The minimum Gasteiger partial charge on any atom is -0.391 e. The molecule has 0 aliphatic carbocycles. The van der Waals surface area contributed by atoms with E-state index in [2.05, 4.69) is 4.84 Å². The highest BCUT2D eigenvalue weighted by molar-refractivity contribution is 4.78. The molecule has 0 radical (unpaired) electrons. The summed E-state index contributed by atoms with van der Waals surface area (Å²) in [6, 6.07) is 0. The van der Waals surface area contributed by atoms with Gasteiger partial charge in [0.1, 0.15) is 24.9 Å². The first-order valence-corrected chi connectivity index (χ1v) is 3.67. The van der Waals surface area contributed by atoms with Crippen LogP contribution in [-0.4, -0.2) is 51.4 Å². The van der Waals surface area contributed by atoms with E-state index in [0.29, 0.717) is 0 Å².